The van der Waals surface area contributed by atoms with Gasteiger partial charge < -0.3 is 4.90 Å². The lowest BCUT2D eigenvalue weighted by molar-refractivity contribution is 1.30. The van der Waals surface area contributed by atoms with Crippen molar-refractivity contribution in [3.05, 3.63) is 200 Å². The van der Waals surface area contributed by atoms with Gasteiger partial charge in [0, 0.05) is 26.8 Å². The SMILES string of the molecule is c1ccc(-c2ccc(N(c3ccc(-c4cc5ccccc5cc4-c4ccccc4)cc3)c3cccc4c3sc3c5ccccc5ccc43)cc2)cc1. The Bertz CT molecular complexity index is 2870. The molecule has 10 rings (SSSR count). The second-order valence-electron chi connectivity index (χ2n) is 13.3. The van der Waals surface area contributed by atoms with Crippen LogP contribution in [0.2, 0.25) is 0 Å². The Hall–Kier alpha value is -6.48. The van der Waals surface area contributed by atoms with Gasteiger partial charge in [0.1, 0.15) is 0 Å². The van der Waals surface area contributed by atoms with Crippen LogP contribution in [0.5, 0.6) is 0 Å². The van der Waals surface area contributed by atoms with Crippen LogP contribution in [-0.2, 0) is 0 Å². The Kier molecular flexibility index (Phi) is 7.41. The molecule has 0 unspecified atom stereocenters. The van der Waals surface area contributed by atoms with E-state index in [1.807, 2.05) is 11.3 Å². The van der Waals surface area contributed by atoms with E-state index in [-0.39, 0.29) is 0 Å². The summed E-state index contributed by atoms with van der Waals surface area (Å²) < 4.78 is 2.62. The van der Waals surface area contributed by atoms with Gasteiger partial charge in [0.2, 0.25) is 0 Å². The van der Waals surface area contributed by atoms with Crippen molar-refractivity contribution in [1.29, 1.82) is 0 Å². The van der Waals surface area contributed by atoms with Crippen molar-refractivity contribution in [3.8, 4) is 33.4 Å². The molecule has 0 aliphatic heterocycles. The van der Waals surface area contributed by atoms with Crippen LogP contribution < -0.4 is 4.90 Å². The van der Waals surface area contributed by atoms with E-state index in [0.29, 0.717) is 0 Å². The maximum Gasteiger partial charge on any atom is 0.0640 e. The summed E-state index contributed by atoms with van der Waals surface area (Å²) in [4.78, 5) is 2.43. The summed E-state index contributed by atoms with van der Waals surface area (Å²) in [5.41, 5.74) is 10.7. The number of hydrogen-bond donors (Lipinski definition) is 0. The molecule has 0 atom stereocenters. The molecule has 0 radical (unpaired) electrons. The van der Waals surface area contributed by atoms with Crippen molar-refractivity contribution >= 4 is 70.1 Å². The molecule has 2 heteroatoms. The van der Waals surface area contributed by atoms with Gasteiger partial charge in [0.15, 0.2) is 0 Å². The molecule has 244 valence electrons. The van der Waals surface area contributed by atoms with Crippen molar-refractivity contribution in [3.63, 3.8) is 0 Å². The smallest absolute Gasteiger partial charge is 0.0640 e. The highest BCUT2D eigenvalue weighted by Crippen LogP contribution is 2.47. The van der Waals surface area contributed by atoms with Crippen LogP contribution >= 0.6 is 11.3 Å². The predicted octanol–water partition coefficient (Wildman–Crippen LogP) is 14.8. The van der Waals surface area contributed by atoms with Gasteiger partial charge in [-0.1, -0.05) is 158 Å². The molecule has 0 amide bonds. The minimum absolute atomic E-state index is 1.12. The number of nitrogens with zero attached hydrogens (tertiary/aromatic N) is 1. The van der Waals surface area contributed by atoms with Gasteiger partial charge in [-0.05, 0) is 97.4 Å². The van der Waals surface area contributed by atoms with Gasteiger partial charge in [0.25, 0.3) is 0 Å². The highest BCUT2D eigenvalue weighted by atomic mass is 32.1. The van der Waals surface area contributed by atoms with Crippen LogP contribution in [0, 0.1) is 0 Å². The first-order chi connectivity index (χ1) is 25.8. The van der Waals surface area contributed by atoms with Gasteiger partial charge in [-0.25, -0.2) is 0 Å². The molecule has 0 aliphatic carbocycles. The first kappa shape index (κ1) is 30.4. The Labute approximate surface area is 307 Å². The predicted molar refractivity (Wildman–Crippen MR) is 225 cm³/mol. The Balaban J connectivity index is 1.15. The summed E-state index contributed by atoms with van der Waals surface area (Å²) in [6, 6.07) is 72.8. The molecular formula is C50H33NS. The fourth-order valence-corrected chi connectivity index (χ4v) is 9.01. The van der Waals surface area contributed by atoms with Crippen LogP contribution in [0.25, 0.3) is 75.1 Å². The molecular weight excluding hydrogens is 647 g/mol. The van der Waals surface area contributed by atoms with Crippen LogP contribution in [0.15, 0.2) is 200 Å². The molecule has 0 N–H and O–H groups in total. The van der Waals surface area contributed by atoms with Crippen molar-refractivity contribution < 1.29 is 0 Å². The summed E-state index contributed by atoms with van der Waals surface area (Å²) in [5, 5.41) is 7.66. The highest BCUT2D eigenvalue weighted by Gasteiger charge is 2.20. The van der Waals surface area contributed by atoms with Gasteiger partial charge >= 0.3 is 0 Å². The number of benzene rings is 9. The lowest BCUT2D eigenvalue weighted by atomic mass is 9.91. The van der Waals surface area contributed by atoms with Crippen LogP contribution in [0.1, 0.15) is 0 Å². The molecule has 0 aliphatic rings. The van der Waals surface area contributed by atoms with Gasteiger partial charge in [-0.2, -0.15) is 0 Å². The first-order valence-electron chi connectivity index (χ1n) is 17.8. The normalized spacial score (nSPS) is 11.5. The summed E-state index contributed by atoms with van der Waals surface area (Å²) in [5.74, 6) is 0. The fourth-order valence-electron chi connectivity index (χ4n) is 7.67. The van der Waals surface area contributed by atoms with Crippen molar-refractivity contribution in [2.75, 3.05) is 4.90 Å². The Morgan fingerprint density at radius 1 is 0.308 bits per heavy atom. The molecule has 52 heavy (non-hydrogen) atoms. The number of thiophene rings is 1. The molecule has 0 fully saturated rings. The summed E-state index contributed by atoms with van der Waals surface area (Å²) in [6.45, 7) is 0. The second kappa shape index (κ2) is 12.7. The van der Waals surface area contributed by atoms with E-state index in [2.05, 4.69) is 205 Å². The van der Waals surface area contributed by atoms with E-state index in [4.69, 9.17) is 0 Å². The maximum atomic E-state index is 2.43. The van der Waals surface area contributed by atoms with E-state index in [1.165, 1.54) is 80.8 Å². The van der Waals surface area contributed by atoms with Crippen molar-refractivity contribution in [2.24, 2.45) is 0 Å². The molecule has 9 aromatic carbocycles. The maximum absolute atomic E-state index is 2.43. The molecule has 1 aromatic heterocycles. The lowest BCUT2D eigenvalue weighted by Gasteiger charge is -2.26. The molecule has 0 spiro atoms. The van der Waals surface area contributed by atoms with E-state index in [9.17, 15) is 0 Å². The van der Waals surface area contributed by atoms with Crippen molar-refractivity contribution in [2.45, 2.75) is 0 Å². The zero-order valence-corrected chi connectivity index (χ0v) is 29.2. The quantitative estimate of drug-likeness (QED) is 0.169. The fraction of sp³-hybridized carbons (Fsp3) is 0. The third-order valence-electron chi connectivity index (χ3n) is 10.2. The monoisotopic (exact) mass is 679 g/mol. The van der Waals surface area contributed by atoms with Gasteiger partial charge in [-0.15, -0.1) is 11.3 Å². The summed E-state index contributed by atoms with van der Waals surface area (Å²) >= 11 is 1.89. The number of fused-ring (bicyclic) bond motifs is 6. The van der Waals surface area contributed by atoms with Crippen LogP contribution in [0.4, 0.5) is 17.1 Å². The molecule has 1 nitrogen and oxygen atoms in total. The number of anilines is 3. The van der Waals surface area contributed by atoms with E-state index in [1.54, 1.807) is 0 Å². The zero-order chi connectivity index (χ0) is 34.4. The second-order valence-corrected chi connectivity index (χ2v) is 14.3. The molecule has 0 bridgehead atoms. The summed E-state index contributed by atoms with van der Waals surface area (Å²) in [7, 11) is 0. The van der Waals surface area contributed by atoms with Crippen LogP contribution in [-0.4, -0.2) is 0 Å². The molecule has 1 heterocycles. The van der Waals surface area contributed by atoms with Gasteiger partial charge in [0.05, 0.1) is 10.4 Å². The first-order valence-corrected chi connectivity index (χ1v) is 18.6. The van der Waals surface area contributed by atoms with E-state index >= 15 is 0 Å². The van der Waals surface area contributed by atoms with E-state index < -0.39 is 0 Å². The number of hydrogen-bond acceptors (Lipinski definition) is 2. The highest BCUT2D eigenvalue weighted by molar-refractivity contribution is 7.27. The topological polar surface area (TPSA) is 3.24 Å². The van der Waals surface area contributed by atoms with Gasteiger partial charge in [-0.3, -0.25) is 0 Å². The Morgan fingerprint density at radius 3 is 1.44 bits per heavy atom. The zero-order valence-electron chi connectivity index (χ0n) is 28.4. The largest absolute Gasteiger partial charge is 0.309 e. The average Bonchev–Trinajstić information content (AvgIpc) is 3.62. The third-order valence-corrected chi connectivity index (χ3v) is 11.5. The van der Waals surface area contributed by atoms with Crippen LogP contribution in [0.3, 0.4) is 0 Å². The minimum atomic E-state index is 1.12. The average molecular weight is 680 g/mol. The molecule has 0 saturated heterocycles. The van der Waals surface area contributed by atoms with E-state index in [0.717, 1.165) is 11.4 Å². The number of rotatable bonds is 6. The minimum Gasteiger partial charge on any atom is -0.309 e. The molecule has 0 saturated carbocycles. The third kappa shape index (κ3) is 5.24. The molecule has 10 aromatic rings. The standard InChI is InChI=1S/C50H33NS/c1-3-12-34(13-4-1)35-22-27-41(28-23-35)51(48-21-11-20-44-45-31-26-37-16-9-10-19-43(37)49(45)52-50(44)48)42-29-24-38(25-30-42)47-33-40-18-8-7-17-39(40)32-46(47)36-14-5-2-6-15-36/h1-33H. The Morgan fingerprint density at radius 2 is 0.788 bits per heavy atom. The lowest BCUT2D eigenvalue weighted by Crippen LogP contribution is -2.10. The van der Waals surface area contributed by atoms with Crippen molar-refractivity contribution in [1.82, 2.24) is 0 Å². The summed E-state index contributed by atoms with van der Waals surface area (Å²) in [6.07, 6.45) is 0.